The van der Waals surface area contributed by atoms with Gasteiger partial charge in [-0.05, 0) is 61.1 Å². The van der Waals surface area contributed by atoms with E-state index in [4.69, 9.17) is 0 Å². The summed E-state index contributed by atoms with van der Waals surface area (Å²) in [5.41, 5.74) is 3.77. The van der Waals surface area contributed by atoms with E-state index < -0.39 is 12.3 Å². The third-order valence-corrected chi connectivity index (χ3v) is 5.16. The number of halogens is 3. The van der Waals surface area contributed by atoms with Gasteiger partial charge >= 0.3 is 12.3 Å². The molecule has 0 amide bonds. The second-order valence-corrected chi connectivity index (χ2v) is 6.91. The van der Waals surface area contributed by atoms with Crippen LogP contribution in [0.15, 0.2) is 42.5 Å². The number of nitrogens with zero attached hydrogens (tertiary/aromatic N) is 1. The van der Waals surface area contributed by atoms with Crippen LogP contribution in [0.3, 0.4) is 0 Å². The van der Waals surface area contributed by atoms with Crippen LogP contribution in [-0.4, -0.2) is 22.0 Å². The van der Waals surface area contributed by atoms with Crippen LogP contribution < -0.4 is 4.74 Å². The fraction of sp³-hybridized carbons (Fsp3) is 0.286. The van der Waals surface area contributed by atoms with Gasteiger partial charge in [-0.2, -0.15) is 0 Å². The van der Waals surface area contributed by atoms with Gasteiger partial charge in [0.1, 0.15) is 5.75 Å². The van der Waals surface area contributed by atoms with Crippen LogP contribution in [0.2, 0.25) is 0 Å². The molecule has 146 valence electrons. The van der Waals surface area contributed by atoms with Crippen molar-refractivity contribution in [1.82, 2.24) is 4.57 Å². The molecule has 0 bridgehead atoms. The average molecular weight is 389 g/mol. The molecule has 0 spiro atoms. The van der Waals surface area contributed by atoms with E-state index >= 15 is 0 Å². The molecule has 3 aromatic rings. The number of aryl methyl sites for hydroxylation is 1. The Kier molecular flexibility index (Phi) is 4.53. The lowest BCUT2D eigenvalue weighted by Gasteiger charge is -2.17. The third kappa shape index (κ3) is 3.44. The summed E-state index contributed by atoms with van der Waals surface area (Å²) >= 11 is 0. The van der Waals surface area contributed by atoms with E-state index in [2.05, 4.69) is 4.74 Å². The van der Waals surface area contributed by atoms with E-state index in [1.54, 1.807) is 30.3 Å². The quantitative estimate of drug-likeness (QED) is 0.670. The SMILES string of the molecule is O=C(O)c1ccccc1Cn1c2c(c3cc(OC(F)(F)F)ccc31)CCCC2. The zero-order valence-electron chi connectivity index (χ0n) is 14.9. The molecule has 1 aromatic heterocycles. The molecule has 1 aliphatic carbocycles. The maximum atomic E-state index is 12.6. The number of fused-ring (bicyclic) bond motifs is 3. The first-order chi connectivity index (χ1) is 13.3. The number of rotatable bonds is 4. The number of aromatic nitrogens is 1. The number of carbonyl (C=O) groups is 1. The Bertz CT molecular complexity index is 1050. The first-order valence-corrected chi connectivity index (χ1v) is 9.04. The predicted octanol–water partition coefficient (Wildman–Crippen LogP) is 5.17. The topological polar surface area (TPSA) is 51.5 Å². The van der Waals surface area contributed by atoms with E-state index in [1.807, 2.05) is 4.57 Å². The van der Waals surface area contributed by atoms with E-state index in [1.165, 1.54) is 12.1 Å². The monoisotopic (exact) mass is 389 g/mol. The molecule has 2 aromatic carbocycles. The van der Waals surface area contributed by atoms with Gasteiger partial charge in [0.15, 0.2) is 0 Å². The third-order valence-electron chi connectivity index (χ3n) is 5.16. The van der Waals surface area contributed by atoms with Crippen molar-refractivity contribution in [2.24, 2.45) is 0 Å². The number of hydrogen-bond donors (Lipinski definition) is 1. The van der Waals surface area contributed by atoms with Crippen molar-refractivity contribution in [2.45, 2.75) is 38.6 Å². The van der Waals surface area contributed by atoms with Crippen molar-refractivity contribution in [3.63, 3.8) is 0 Å². The van der Waals surface area contributed by atoms with Crippen molar-refractivity contribution >= 4 is 16.9 Å². The van der Waals surface area contributed by atoms with Gasteiger partial charge in [0.05, 0.1) is 5.56 Å². The highest BCUT2D eigenvalue weighted by atomic mass is 19.4. The number of ether oxygens (including phenoxy) is 1. The highest BCUT2D eigenvalue weighted by Gasteiger charge is 2.31. The van der Waals surface area contributed by atoms with E-state index in [0.29, 0.717) is 12.1 Å². The molecule has 1 N–H and O–H groups in total. The smallest absolute Gasteiger partial charge is 0.478 e. The van der Waals surface area contributed by atoms with Crippen LogP contribution in [0.4, 0.5) is 13.2 Å². The Labute approximate surface area is 159 Å². The Balaban J connectivity index is 1.84. The Morgan fingerprint density at radius 1 is 1.11 bits per heavy atom. The fourth-order valence-corrected chi connectivity index (χ4v) is 4.03. The Morgan fingerprint density at radius 3 is 2.61 bits per heavy atom. The molecule has 0 saturated carbocycles. The summed E-state index contributed by atoms with van der Waals surface area (Å²) in [5, 5.41) is 10.2. The summed E-state index contributed by atoms with van der Waals surface area (Å²) in [7, 11) is 0. The summed E-state index contributed by atoms with van der Waals surface area (Å²) in [6.07, 6.45) is -1.17. The van der Waals surface area contributed by atoms with Crippen LogP contribution in [0.1, 0.15) is 40.0 Å². The van der Waals surface area contributed by atoms with Gasteiger partial charge in [-0.1, -0.05) is 18.2 Å². The average Bonchev–Trinajstić information content (AvgIpc) is 2.94. The lowest BCUT2D eigenvalue weighted by Crippen LogP contribution is -2.17. The highest BCUT2D eigenvalue weighted by molar-refractivity contribution is 5.90. The van der Waals surface area contributed by atoms with Gasteiger partial charge in [0, 0.05) is 23.1 Å². The Hall–Kier alpha value is -2.96. The number of benzene rings is 2. The molecule has 1 heterocycles. The summed E-state index contributed by atoms with van der Waals surface area (Å²) < 4.78 is 44.0. The summed E-state index contributed by atoms with van der Waals surface area (Å²) in [4.78, 5) is 11.5. The van der Waals surface area contributed by atoms with Gasteiger partial charge in [0.25, 0.3) is 0 Å². The van der Waals surface area contributed by atoms with Gasteiger partial charge in [-0.3, -0.25) is 0 Å². The molecular formula is C21H18F3NO3. The maximum Gasteiger partial charge on any atom is 0.573 e. The zero-order chi connectivity index (χ0) is 19.9. The minimum Gasteiger partial charge on any atom is -0.478 e. The van der Waals surface area contributed by atoms with Crippen molar-refractivity contribution in [2.75, 3.05) is 0 Å². The summed E-state index contributed by atoms with van der Waals surface area (Å²) in [5.74, 6) is -1.24. The summed E-state index contributed by atoms with van der Waals surface area (Å²) in [6, 6.07) is 11.2. The fourth-order valence-electron chi connectivity index (χ4n) is 4.03. The molecule has 0 unspecified atom stereocenters. The first-order valence-electron chi connectivity index (χ1n) is 9.04. The molecule has 0 fully saturated rings. The van der Waals surface area contributed by atoms with E-state index in [9.17, 15) is 23.1 Å². The molecule has 0 radical (unpaired) electrons. The van der Waals surface area contributed by atoms with Crippen LogP contribution in [-0.2, 0) is 19.4 Å². The van der Waals surface area contributed by atoms with E-state index in [0.717, 1.165) is 47.8 Å². The van der Waals surface area contributed by atoms with Crippen molar-refractivity contribution < 1.29 is 27.8 Å². The molecule has 28 heavy (non-hydrogen) atoms. The molecule has 4 rings (SSSR count). The standard InChI is InChI=1S/C21H18F3NO3/c22-21(23,24)28-14-9-10-19-17(11-14)16-7-3-4-8-18(16)25(19)12-13-5-1-2-6-15(13)20(26)27/h1-2,5-6,9-11H,3-4,7-8,12H2,(H,26,27). The second-order valence-electron chi connectivity index (χ2n) is 6.91. The molecular weight excluding hydrogens is 371 g/mol. The van der Waals surface area contributed by atoms with E-state index in [-0.39, 0.29) is 11.3 Å². The van der Waals surface area contributed by atoms with Gasteiger partial charge in [0.2, 0.25) is 0 Å². The number of carboxylic acids is 1. The van der Waals surface area contributed by atoms with Crippen LogP contribution in [0, 0.1) is 0 Å². The van der Waals surface area contributed by atoms with Crippen molar-refractivity contribution in [3.8, 4) is 5.75 Å². The number of aromatic carboxylic acids is 1. The molecule has 7 heteroatoms. The number of carboxylic acid groups (broad SMARTS) is 1. The van der Waals surface area contributed by atoms with Crippen molar-refractivity contribution in [3.05, 3.63) is 64.8 Å². The number of alkyl halides is 3. The second kappa shape index (κ2) is 6.89. The Morgan fingerprint density at radius 2 is 1.86 bits per heavy atom. The van der Waals surface area contributed by atoms with Crippen LogP contribution in [0.5, 0.6) is 5.75 Å². The molecule has 1 aliphatic rings. The maximum absolute atomic E-state index is 12.6. The lowest BCUT2D eigenvalue weighted by molar-refractivity contribution is -0.274. The highest BCUT2D eigenvalue weighted by Crippen LogP contribution is 2.36. The zero-order valence-corrected chi connectivity index (χ0v) is 14.9. The minimum absolute atomic E-state index is 0.228. The normalized spacial score (nSPS) is 14.1. The molecule has 0 saturated heterocycles. The summed E-state index contributed by atoms with van der Waals surface area (Å²) in [6.45, 7) is 0.355. The molecule has 0 aliphatic heterocycles. The van der Waals surface area contributed by atoms with Crippen LogP contribution >= 0.6 is 0 Å². The van der Waals surface area contributed by atoms with Gasteiger partial charge in [-0.15, -0.1) is 13.2 Å². The predicted molar refractivity (Wildman–Crippen MR) is 97.8 cm³/mol. The molecule has 0 atom stereocenters. The largest absolute Gasteiger partial charge is 0.573 e. The minimum atomic E-state index is -4.74. The number of hydrogen-bond acceptors (Lipinski definition) is 2. The van der Waals surface area contributed by atoms with Crippen LogP contribution in [0.25, 0.3) is 10.9 Å². The molecule has 4 nitrogen and oxygen atoms in total. The first kappa shape index (κ1) is 18.4. The lowest BCUT2D eigenvalue weighted by atomic mass is 9.95. The van der Waals surface area contributed by atoms with Crippen molar-refractivity contribution in [1.29, 1.82) is 0 Å². The van der Waals surface area contributed by atoms with Gasteiger partial charge < -0.3 is 14.4 Å². The van der Waals surface area contributed by atoms with Gasteiger partial charge in [-0.25, -0.2) is 4.79 Å².